The number of piperidine rings is 1. The molecular formula is C26H31N5O. The first-order valence-corrected chi connectivity index (χ1v) is 11.8. The maximum absolute atomic E-state index is 13.0. The van der Waals surface area contributed by atoms with Crippen LogP contribution in [0.15, 0.2) is 42.7 Å². The lowest BCUT2D eigenvalue weighted by Crippen LogP contribution is -2.34. The minimum Gasteiger partial charge on any atom is -0.339 e. The van der Waals surface area contributed by atoms with E-state index in [1.54, 1.807) is 6.20 Å². The Labute approximate surface area is 189 Å². The van der Waals surface area contributed by atoms with Gasteiger partial charge in [-0.3, -0.25) is 14.7 Å². The lowest BCUT2D eigenvalue weighted by molar-refractivity contribution is 0.0790. The van der Waals surface area contributed by atoms with Crippen LogP contribution < -0.4 is 0 Å². The third kappa shape index (κ3) is 4.51. The van der Waals surface area contributed by atoms with Gasteiger partial charge in [-0.1, -0.05) is 18.2 Å². The van der Waals surface area contributed by atoms with Gasteiger partial charge in [0.05, 0.1) is 16.8 Å². The molecule has 2 fully saturated rings. The predicted octanol–water partition coefficient (Wildman–Crippen LogP) is 4.02. The molecule has 4 heterocycles. The second-order valence-electron chi connectivity index (χ2n) is 9.19. The van der Waals surface area contributed by atoms with E-state index in [9.17, 15) is 4.79 Å². The molecule has 0 unspecified atom stereocenters. The summed E-state index contributed by atoms with van der Waals surface area (Å²) in [6.45, 7) is 6.72. The number of benzene rings is 1. The topological polar surface area (TPSA) is 62.2 Å². The second-order valence-corrected chi connectivity index (χ2v) is 9.19. The lowest BCUT2D eigenvalue weighted by Gasteiger charge is -2.32. The highest BCUT2D eigenvalue weighted by Crippen LogP contribution is 2.26. The minimum absolute atomic E-state index is 0.111. The van der Waals surface area contributed by atoms with Crippen LogP contribution in [0.25, 0.3) is 10.9 Å². The van der Waals surface area contributed by atoms with E-state index >= 15 is 0 Å². The lowest BCUT2D eigenvalue weighted by atomic mass is 9.90. The summed E-state index contributed by atoms with van der Waals surface area (Å²) in [6, 6.07) is 10.6. The van der Waals surface area contributed by atoms with E-state index < -0.39 is 0 Å². The van der Waals surface area contributed by atoms with Crippen molar-refractivity contribution in [2.75, 3.05) is 26.2 Å². The van der Waals surface area contributed by atoms with Gasteiger partial charge in [-0.15, -0.1) is 0 Å². The summed E-state index contributed by atoms with van der Waals surface area (Å²) in [6.07, 6.45) is 8.92. The van der Waals surface area contributed by atoms with Gasteiger partial charge in [0.15, 0.2) is 0 Å². The number of hydrogen-bond acceptors (Lipinski definition) is 5. The Balaban J connectivity index is 1.23. The Morgan fingerprint density at radius 3 is 2.66 bits per heavy atom. The summed E-state index contributed by atoms with van der Waals surface area (Å²) in [5.74, 6) is 1.42. The van der Waals surface area contributed by atoms with Gasteiger partial charge in [-0.25, -0.2) is 9.97 Å². The van der Waals surface area contributed by atoms with Crippen LogP contribution in [0, 0.1) is 12.8 Å². The van der Waals surface area contributed by atoms with Crippen LogP contribution in [-0.4, -0.2) is 56.8 Å². The third-order valence-corrected chi connectivity index (χ3v) is 6.93. The molecule has 166 valence electrons. The van der Waals surface area contributed by atoms with Gasteiger partial charge in [-0.05, 0) is 75.7 Å². The molecule has 1 amide bonds. The highest BCUT2D eigenvalue weighted by Gasteiger charge is 2.26. The Kier molecular flexibility index (Phi) is 6.12. The molecular weight excluding hydrogens is 398 g/mol. The van der Waals surface area contributed by atoms with E-state index in [0.29, 0.717) is 11.5 Å². The van der Waals surface area contributed by atoms with Crippen molar-refractivity contribution in [3.05, 3.63) is 65.4 Å². The van der Waals surface area contributed by atoms with Gasteiger partial charge >= 0.3 is 0 Å². The molecule has 6 heteroatoms. The summed E-state index contributed by atoms with van der Waals surface area (Å²) in [4.78, 5) is 31.0. The number of rotatable bonds is 5. The van der Waals surface area contributed by atoms with E-state index in [1.807, 2.05) is 24.1 Å². The Hall–Kier alpha value is -2.86. The first-order chi connectivity index (χ1) is 15.7. The summed E-state index contributed by atoms with van der Waals surface area (Å²) in [7, 11) is 0. The van der Waals surface area contributed by atoms with Crippen molar-refractivity contribution in [2.24, 2.45) is 5.92 Å². The van der Waals surface area contributed by atoms with Gasteiger partial charge in [0.2, 0.25) is 0 Å². The highest BCUT2D eigenvalue weighted by atomic mass is 16.2. The van der Waals surface area contributed by atoms with Crippen molar-refractivity contribution in [1.82, 2.24) is 24.8 Å². The van der Waals surface area contributed by atoms with E-state index in [-0.39, 0.29) is 5.91 Å². The number of hydrogen-bond donors (Lipinski definition) is 0. The predicted molar refractivity (Wildman–Crippen MR) is 125 cm³/mol. The fraction of sp³-hybridized carbons (Fsp3) is 0.462. The molecule has 3 aromatic rings. The normalized spacial score (nSPS) is 17.8. The molecule has 2 aliphatic heterocycles. The summed E-state index contributed by atoms with van der Waals surface area (Å²) < 4.78 is 0. The Morgan fingerprint density at radius 2 is 1.84 bits per heavy atom. The van der Waals surface area contributed by atoms with Gasteiger partial charge in [0.25, 0.3) is 5.91 Å². The van der Waals surface area contributed by atoms with Crippen LogP contribution >= 0.6 is 0 Å². The fourth-order valence-corrected chi connectivity index (χ4v) is 5.11. The molecule has 0 spiro atoms. The molecule has 0 saturated carbocycles. The van der Waals surface area contributed by atoms with Crippen molar-refractivity contribution in [1.29, 1.82) is 0 Å². The molecule has 0 atom stereocenters. The SMILES string of the molecule is Cc1ncc(C(=O)N2CCCC2)c(CC2CCN(Cc3cccc4ncccc34)CC2)n1. The van der Waals surface area contributed by atoms with E-state index in [4.69, 9.17) is 4.98 Å². The van der Waals surface area contributed by atoms with Gasteiger partial charge in [0, 0.05) is 37.4 Å². The quantitative estimate of drug-likeness (QED) is 0.613. The van der Waals surface area contributed by atoms with E-state index in [2.05, 4.69) is 39.1 Å². The van der Waals surface area contributed by atoms with E-state index in [0.717, 1.165) is 81.9 Å². The average Bonchev–Trinajstić information content (AvgIpc) is 3.35. The minimum atomic E-state index is 0.111. The first kappa shape index (κ1) is 21.0. The summed E-state index contributed by atoms with van der Waals surface area (Å²) in [5, 5.41) is 1.25. The standard InChI is InChI=1S/C26H31N5O/c1-19-28-17-23(26(32)31-12-2-3-13-31)25(29-19)16-20-9-14-30(15-10-20)18-21-6-4-8-24-22(21)7-5-11-27-24/h4-8,11,17,20H,2-3,9-10,12-16,18H2,1H3. The largest absolute Gasteiger partial charge is 0.339 e. The number of pyridine rings is 1. The molecule has 0 aliphatic carbocycles. The molecule has 6 nitrogen and oxygen atoms in total. The number of carbonyl (C=O) groups excluding carboxylic acids is 1. The van der Waals surface area contributed by atoms with Crippen LogP contribution in [0.1, 0.15) is 53.1 Å². The number of aromatic nitrogens is 3. The highest BCUT2D eigenvalue weighted by molar-refractivity contribution is 5.95. The number of aryl methyl sites for hydroxylation is 1. The van der Waals surface area contributed by atoms with Crippen molar-refractivity contribution < 1.29 is 4.79 Å². The van der Waals surface area contributed by atoms with Crippen molar-refractivity contribution in [3.63, 3.8) is 0 Å². The maximum atomic E-state index is 13.0. The summed E-state index contributed by atoms with van der Waals surface area (Å²) >= 11 is 0. The fourth-order valence-electron chi connectivity index (χ4n) is 5.11. The molecule has 2 aromatic heterocycles. The molecule has 2 saturated heterocycles. The Morgan fingerprint density at radius 1 is 1.03 bits per heavy atom. The number of nitrogens with zero attached hydrogens (tertiary/aromatic N) is 5. The number of likely N-dealkylation sites (tertiary alicyclic amines) is 2. The first-order valence-electron chi connectivity index (χ1n) is 11.8. The molecule has 32 heavy (non-hydrogen) atoms. The van der Waals surface area contributed by atoms with Crippen LogP contribution in [0.3, 0.4) is 0 Å². The second kappa shape index (κ2) is 9.33. The third-order valence-electron chi connectivity index (χ3n) is 6.93. The Bertz CT molecular complexity index is 1100. The van der Waals surface area contributed by atoms with Crippen molar-refractivity contribution >= 4 is 16.8 Å². The molecule has 1 aromatic carbocycles. The molecule has 2 aliphatic rings. The monoisotopic (exact) mass is 429 g/mol. The molecule has 0 radical (unpaired) electrons. The number of carbonyl (C=O) groups is 1. The number of fused-ring (bicyclic) bond motifs is 1. The zero-order valence-corrected chi connectivity index (χ0v) is 18.8. The molecule has 0 N–H and O–H groups in total. The van der Waals surface area contributed by atoms with Crippen LogP contribution in [0.4, 0.5) is 0 Å². The summed E-state index contributed by atoms with van der Waals surface area (Å²) in [5.41, 5.74) is 4.06. The van der Waals surface area contributed by atoms with Gasteiger partial charge in [0.1, 0.15) is 5.82 Å². The molecule has 0 bridgehead atoms. The molecule has 5 rings (SSSR count). The van der Waals surface area contributed by atoms with Crippen molar-refractivity contribution in [3.8, 4) is 0 Å². The number of amides is 1. The smallest absolute Gasteiger partial charge is 0.257 e. The van der Waals surface area contributed by atoms with Crippen LogP contribution in [0.2, 0.25) is 0 Å². The average molecular weight is 430 g/mol. The van der Waals surface area contributed by atoms with E-state index in [1.165, 1.54) is 10.9 Å². The van der Waals surface area contributed by atoms with Gasteiger partial charge in [-0.2, -0.15) is 0 Å². The maximum Gasteiger partial charge on any atom is 0.257 e. The zero-order chi connectivity index (χ0) is 21.9. The van der Waals surface area contributed by atoms with Crippen LogP contribution in [-0.2, 0) is 13.0 Å². The zero-order valence-electron chi connectivity index (χ0n) is 18.8. The van der Waals surface area contributed by atoms with Gasteiger partial charge < -0.3 is 4.90 Å². The van der Waals surface area contributed by atoms with Crippen molar-refractivity contribution in [2.45, 2.75) is 45.6 Å². The van der Waals surface area contributed by atoms with Crippen LogP contribution in [0.5, 0.6) is 0 Å².